The molecule has 0 saturated carbocycles. The quantitative estimate of drug-likeness (QED) is 0.297. The summed E-state index contributed by atoms with van der Waals surface area (Å²) >= 11 is 0. The highest BCUT2D eigenvalue weighted by atomic mass is 16.4. The Kier molecular flexibility index (Phi) is 21.0. The van der Waals surface area contributed by atoms with Crippen LogP contribution in [0.25, 0.3) is 0 Å². The molecular formula is C16H33N3O7. The summed E-state index contributed by atoms with van der Waals surface area (Å²) in [6, 6.07) is -0.933. The molecule has 0 fully saturated rings. The molecule has 6 N–H and O–H groups in total. The molecule has 1 atom stereocenters. The normalized spacial score (nSPS) is 10.5. The van der Waals surface area contributed by atoms with Gasteiger partial charge in [0.25, 0.3) is 0 Å². The molecule has 1 amide bonds. The summed E-state index contributed by atoms with van der Waals surface area (Å²) in [5, 5.41) is 28.3. The van der Waals surface area contributed by atoms with E-state index in [-0.39, 0.29) is 19.5 Å². The van der Waals surface area contributed by atoms with Crippen LogP contribution in [0.15, 0.2) is 0 Å². The summed E-state index contributed by atoms with van der Waals surface area (Å²) in [6.45, 7) is 6.84. The molecule has 0 aliphatic carbocycles. The van der Waals surface area contributed by atoms with Crippen molar-refractivity contribution in [3.8, 4) is 0 Å². The van der Waals surface area contributed by atoms with Crippen LogP contribution in [0.1, 0.15) is 47.0 Å². The number of rotatable bonds is 12. The van der Waals surface area contributed by atoms with Crippen LogP contribution in [0.3, 0.4) is 0 Å². The van der Waals surface area contributed by atoms with Gasteiger partial charge in [-0.2, -0.15) is 0 Å². The van der Waals surface area contributed by atoms with Gasteiger partial charge < -0.3 is 26.4 Å². The molecule has 0 spiro atoms. The minimum atomic E-state index is -1.23. The second-order valence-electron chi connectivity index (χ2n) is 4.72. The van der Waals surface area contributed by atoms with Crippen LogP contribution in [-0.2, 0) is 19.2 Å². The lowest BCUT2D eigenvalue weighted by molar-refractivity contribution is -0.142. The zero-order valence-corrected chi connectivity index (χ0v) is 16.0. The van der Waals surface area contributed by atoms with Crippen molar-refractivity contribution >= 4 is 23.8 Å². The predicted molar refractivity (Wildman–Crippen MR) is 96.9 cm³/mol. The van der Waals surface area contributed by atoms with E-state index >= 15 is 0 Å². The van der Waals surface area contributed by atoms with Crippen molar-refractivity contribution in [1.29, 1.82) is 0 Å². The lowest BCUT2D eigenvalue weighted by Crippen LogP contribution is -2.42. The van der Waals surface area contributed by atoms with Gasteiger partial charge >= 0.3 is 17.9 Å². The van der Waals surface area contributed by atoms with E-state index in [1.54, 1.807) is 0 Å². The average molecular weight is 379 g/mol. The van der Waals surface area contributed by atoms with Gasteiger partial charge in [-0.1, -0.05) is 27.7 Å². The fraction of sp³-hybridized carbons (Fsp3) is 0.750. The minimum absolute atomic E-state index is 0.277. The molecule has 154 valence electrons. The van der Waals surface area contributed by atoms with Crippen molar-refractivity contribution in [2.45, 2.75) is 53.0 Å². The van der Waals surface area contributed by atoms with Crippen molar-refractivity contribution in [3.05, 3.63) is 0 Å². The molecule has 10 heteroatoms. The molecule has 0 rings (SSSR count). The molecule has 0 aliphatic rings. The van der Waals surface area contributed by atoms with E-state index in [4.69, 9.17) is 21.1 Å². The Labute approximate surface area is 154 Å². The van der Waals surface area contributed by atoms with Gasteiger partial charge in [0.05, 0.1) is 19.6 Å². The zero-order chi connectivity index (χ0) is 21.1. The van der Waals surface area contributed by atoms with Crippen LogP contribution in [0.2, 0.25) is 0 Å². The predicted octanol–water partition coefficient (Wildman–Crippen LogP) is 0.208. The standard InChI is InChI=1S/C12H21N3O7.2C2H6/c13-8(12(21)22)3-1-2-4-14-9(16)5-15(6-10(17)18)7-11(19)20;2*1-2/h8H,1-7,13H2,(H,14,16)(H,17,18)(H,19,20)(H,21,22);2*1-2H3. The van der Waals surface area contributed by atoms with E-state index in [0.29, 0.717) is 12.8 Å². The van der Waals surface area contributed by atoms with Gasteiger partial charge in [-0.25, -0.2) is 0 Å². The van der Waals surface area contributed by atoms with E-state index in [1.807, 2.05) is 27.7 Å². The number of hydrogen-bond donors (Lipinski definition) is 5. The van der Waals surface area contributed by atoms with Gasteiger partial charge in [0.15, 0.2) is 0 Å². The maximum atomic E-state index is 11.6. The molecule has 0 saturated heterocycles. The van der Waals surface area contributed by atoms with Crippen LogP contribution in [0.4, 0.5) is 0 Å². The molecule has 0 radical (unpaired) electrons. The molecule has 0 aromatic heterocycles. The highest BCUT2D eigenvalue weighted by Gasteiger charge is 2.16. The Morgan fingerprint density at radius 2 is 1.35 bits per heavy atom. The summed E-state index contributed by atoms with van der Waals surface area (Å²) in [7, 11) is 0. The lowest BCUT2D eigenvalue weighted by Gasteiger charge is -2.17. The summed E-state index contributed by atoms with van der Waals surface area (Å²) in [5.41, 5.74) is 5.31. The van der Waals surface area contributed by atoms with Crippen molar-refractivity contribution < 1.29 is 34.5 Å². The fourth-order valence-electron chi connectivity index (χ4n) is 1.65. The molecule has 0 heterocycles. The number of nitrogens with two attached hydrogens (primary N) is 1. The van der Waals surface area contributed by atoms with Crippen LogP contribution in [-0.4, -0.2) is 76.3 Å². The first-order chi connectivity index (χ1) is 12.2. The van der Waals surface area contributed by atoms with Crippen molar-refractivity contribution in [2.24, 2.45) is 5.73 Å². The summed E-state index contributed by atoms with van der Waals surface area (Å²) in [5.74, 6) is -4.03. The fourth-order valence-corrected chi connectivity index (χ4v) is 1.65. The molecule has 0 bridgehead atoms. The van der Waals surface area contributed by atoms with E-state index in [9.17, 15) is 19.2 Å². The molecule has 10 nitrogen and oxygen atoms in total. The molecule has 0 aromatic rings. The van der Waals surface area contributed by atoms with Gasteiger partial charge in [0.2, 0.25) is 5.91 Å². The van der Waals surface area contributed by atoms with E-state index in [2.05, 4.69) is 5.32 Å². The Bertz CT molecular complexity index is 401. The van der Waals surface area contributed by atoms with Gasteiger partial charge in [0.1, 0.15) is 6.04 Å². The van der Waals surface area contributed by atoms with Crippen molar-refractivity contribution in [2.75, 3.05) is 26.2 Å². The van der Waals surface area contributed by atoms with E-state index in [0.717, 1.165) is 4.90 Å². The second-order valence-corrected chi connectivity index (χ2v) is 4.72. The van der Waals surface area contributed by atoms with Gasteiger partial charge in [0, 0.05) is 6.54 Å². The highest BCUT2D eigenvalue weighted by Crippen LogP contribution is 1.98. The first kappa shape index (κ1) is 28.6. The van der Waals surface area contributed by atoms with Crippen LogP contribution >= 0.6 is 0 Å². The topological polar surface area (TPSA) is 170 Å². The monoisotopic (exact) mass is 379 g/mol. The number of nitrogens with one attached hydrogen (secondary N) is 1. The third-order valence-electron chi connectivity index (χ3n) is 2.67. The first-order valence-corrected chi connectivity index (χ1v) is 8.63. The number of unbranched alkanes of at least 4 members (excludes halogenated alkanes) is 1. The molecular weight excluding hydrogens is 346 g/mol. The van der Waals surface area contributed by atoms with Crippen LogP contribution in [0, 0.1) is 0 Å². The molecule has 26 heavy (non-hydrogen) atoms. The summed E-state index contributed by atoms with van der Waals surface area (Å²) < 4.78 is 0. The van der Waals surface area contributed by atoms with E-state index in [1.165, 1.54) is 0 Å². The molecule has 1 unspecified atom stereocenters. The number of hydrogen-bond acceptors (Lipinski definition) is 6. The number of aliphatic carboxylic acids is 3. The number of amides is 1. The maximum absolute atomic E-state index is 11.6. The third-order valence-corrected chi connectivity index (χ3v) is 2.67. The Morgan fingerprint density at radius 1 is 0.885 bits per heavy atom. The number of carbonyl (C=O) groups is 4. The number of carbonyl (C=O) groups excluding carboxylic acids is 1. The van der Waals surface area contributed by atoms with Gasteiger partial charge in [-0.3, -0.25) is 24.1 Å². The molecule has 0 aromatic carbocycles. The SMILES string of the molecule is CC.CC.NC(CCCCNC(=O)CN(CC(=O)O)CC(=O)O)C(=O)O. The second kappa shape index (κ2) is 19.1. The van der Waals surface area contributed by atoms with Gasteiger partial charge in [-0.15, -0.1) is 0 Å². The first-order valence-electron chi connectivity index (χ1n) is 8.63. The Hall–Kier alpha value is -2.20. The number of carboxylic acids is 3. The van der Waals surface area contributed by atoms with Crippen molar-refractivity contribution in [3.63, 3.8) is 0 Å². The summed E-state index contributed by atoms with van der Waals surface area (Å²) in [4.78, 5) is 44.2. The lowest BCUT2D eigenvalue weighted by atomic mass is 10.1. The van der Waals surface area contributed by atoms with Crippen molar-refractivity contribution in [1.82, 2.24) is 10.2 Å². The smallest absolute Gasteiger partial charge is 0.320 e. The largest absolute Gasteiger partial charge is 0.480 e. The van der Waals surface area contributed by atoms with Crippen LogP contribution in [0.5, 0.6) is 0 Å². The number of carboxylic acid groups (broad SMARTS) is 3. The Balaban J connectivity index is -0.00000123. The van der Waals surface area contributed by atoms with Gasteiger partial charge in [-0.05, 0) is 19.3 Å². The average Bonchev–Trinajstić information content (AvgIpc) is 2.56. The third kappa shape index (κ3) is 19.8. The summed E-state index contributed by atoms with van der Waals surface area (Å²) in [6.07, 6.45) is 1.32. The van der Waals surface area contributed by atoms with E-state index < -0.39 is 42.9 Å². The highest BCUT2D eigenvalue weighted by molar-refractivity contribution is 5.80. The molecule has 0 aliphatic heterocycles. The Morgan fingerprint density at radius 3 is 1.73 bits per heavy atom. The van der Waals surface area contributed by atoms with Crippen LogP contribution < -0.4 is 11.1 Å². The number of nitrogens with zero attached hydrogens (tertiary/aromatic N) is 1. The maximum Gasteiger partial charge on any atom is 0.320 e. The zero-order valence-electron chi connectivity index (χ0n) is 16.0. The minimum Gasteiger partial charge on any atom is -0.480 e.